The van der Waals surface area contributed by atoms with Gasteiger partial charge in [0, 0.05) is 20.1 Å². The van der Waals surface area contributed by atoms with E-state index < -0.39 is 28.7 Å². The number of likely N-dealkylation sites (tertiary alicyclic amines) is 1. The van der Waals surface area contributed by atoms with Crippen LogP contribution in [-0.4, -0.2) is 52.6 Å². The Labute approximate surface area is 112 Å². The Bertz CT molecular complexity index is 553. The summed E-state index contributed by atoms with van der Waals surface area (Å²) in [5.41, 5.74) is 0. The van der Waals surface area contributed by atoms with Gasteiger partial charge < -0.3 is 19.2 Å². The van der Waals surface area contributed by atoms with Gasteiger partial charge in [-0.1, -0.05) is 0 Å². The number of carboxylic acids is 1. The quantitative estimate of drug-likeness (QED) is 0.630. The first kappa shape index (κ1) is 14.0. The van der Waals surface area contributed by atoms with E-state index in [1.807, 2.05) is 0 Å². The van der Waals surface area contributed by atoms with Crippen LogP contribution >= 0.6 is 0 Å². The number of aliphatic carboxylic acids is 1. The molecule has 1 fully saturated rings. The zero-order valence-electron chi connectivity index (χ0n) is 10.5. The van der Waals surface area contributed by atoms with E-state index in [-0.39, 0.29) is 24.8 Å². The smallest absolute Gasteiger partial charge is 0.433 e. The molecule has 0 saturated carbocycles. The highest BCUT2D eigenvalue weighted by molar-refractivity contribution is 5.95. The summed E-state index contributed by atoms with van der Waals surface area (Å²) >= 11 is 0. The summed E-state index contributed by atoms with van der Waals surface area (Å²) in [7, 11) is 1.43. The number of carbonyl (C=O) groups is 2. The topological polar surface area (TPSA) is 123 Å². The zero-order valence-corrected chi connectivity index (χ0v) is 10.5. The SMILES string of the molecule is COC1CC(C(=O)O)N(C(=O)c2ccc([N+](=O)[O-])o2)C1. The van der Waals surface area contributed by atoms with E-state index in [2.05, 4.69) is 0 Å². The molecular weight excluding hydrogens is 272 g/mol. The second-order valence-electron chi connectivity index (χ2n) is 4.30. The van der Waals surface area contributed by atoms with Gasteiger partial charge in [-0.3, -0.25) is 14.9 Å². The molecule has 0 aliphatic carbocycles. The molecular formula is C11H12N2O7. The highest BCUT2D eigenvalue weighted by Crippen LogP contribution is 2.24. The van der Waals surface area contributed by atoms with Crippen LogP contribution in [0.3, 0.4) is 0 Å². The molecule has 1 N–H and O–H groups in total. The molecule has 1 aliphatic heterocycles. The van der Waals surface area contributed by atoms with E-state index in [4.69, 9.17) is 14.3 Å². The molecule has 108 valence electrons. The van der Waals surface area contributed by atoms with Crippen molar-refractivity contribution in [2.75, 3.05) is 13.7 Å². The monoisotopic (exact) mass is 284 g/mol. The zero-order chi connectivity index (χ0) is 14.9. The summed E-state index contributed by atoms with van der Waals surface area (Å²) in [6.45, 7) is 0.0980. The Balaban J connectivity index is 2.21. The minimum atomic E-state index is -1.15. The summed E-state index contributed by atoms with van der Waals surface area (Å²) < 4.78 is 9.85. The molecule has 9 nitrogen and oxygen atoms in total. The summed E-state index contributed by atoms with van der Waals surface area (Å²) in [6, 6.07) is 1.17. The van der Waals surface area contributed by atoms with Gasteiger partial charge in [0.15, 0.2) is 5.76 Å². The average molecular weight is 284 g/mol. The summed E-state index contributed by atoms with van der Waals surface area (Å²) in [6.07, 6.45) is -0.217. The molecule has 20 heavy (non-hydrogen) atoms. The number of ether oxygens (including phenoxy) is 1. The highest BCUT2D eigenvalue weighted by Gasteiger charge is 2.41. The average Bonchev–Trinajstić information content (AvgIpc) is 3.04. The van der Waals surface area contributed by atoms with Crippen LogP contribution in [0.15, 0.2) is 16.5 Å². The number of rotatable bonds is 4. The standard InChI is InChI=1S/C11H12N2O7/c1-19-6-4-7(11(15)16)12(5-6)10(14)8-2-3-9(20-8)13(17)18/h2-3,6-7H,4-5H2,1H3,(H,15,16). The van der Waals surface area contributed by atoms with Gasteiger partial charge in [0.2, 0.25) is 0 Å². The van der Waals surface area contributed by atoms with Crippen LogP contribution in [0.1, 0.15) is 17.0 Å². The van der Waals surface area contributed by atoms with E-state index in [1.54, 1.807) is 0 Å². The molecule has 0 bridgehead atoms. The van der Waals surface area contributed by atoms with Gasteiger partial charge in [-0.2, -0.15) is 0 Å². The summed E-state index contributed by atoms with van der Waals surface area (Å²) in [4.78, 5) is 34.1. The van der Waals surface area contributed by atoms with Crippen molar-refractivity contribution in [1.29, 1.82) is 0 Å². The lowest BCUT2D eigenvalue weighted by Crippen LogP contribution is -2.40. The van der Waals surface area contributed by atoms with Gasteiger partial charge in [-0.25, -0.2) is 4.79 Å². The molecule has 0 spiro atoms. The number of carbonyl (C=O) groups excluding carboxylic acids is 1. The molecule has 2 heterocycles. The number of furan rings is 1. The molecule has 0 aromatic carbocycles. The molecule has 1 saturated heterocycles. The van der Waals surface area contributed by atoms with Gasteiger partial charge in [-0.05, 0) is 6.07 Å². The molecule has 0 radical (unpaired) electrons. The van der Waals surface area contributed by atoms with Crippen LogP contribution in [0, 0.1) is 10.1 Å². The predicted octanol–water partition coefficient (Wildman–Crippen LogP) is 0.502. The number of hydrogen-bond acceptors (Lipinski definition) is 6. The molecule has 2 rings (SSSR count). The number of hydrogen-bond donors (Lipinski definition) is 1. The Hall–Kier alpha value is -2.42. The minimum Gasteiger partial charge on any atom is -0.480 e. The van der Waals surface area contributed by atoms with Gasteiger partial charge in [0.1, 0.15) is 11.0 Å². The van der Waals surface area contributed by atoms with Crippen LogP contribution in [-0.2, 0) is 9.53 Å². The van der Waals surface area contributed by atoms with Crippen molar-refractivity contribution < 1.29 is 28.8 Å². The van der Waals surface area contributed by atoms with Gasteiger partial charge in [-0.15, -0.1) is 0 Å². The molecule has 1 aliphatic rings. The van der Waals surface area contributed by atoms with Crippen LogP contribution in [0.2, 0.25) is 0 Å². The third-order valence-corrected chi connectivity index (χ3v) is 3.12. The first-order valence-electron chi connectivity index (χ1n) is 5.74. The Morgan fingerprint density at radius 1 is 1.55 bits per heavy atom. The highest BCUT2D eigenvalue weighted by atomic mass is 16.6. The third kappa shape index (κ3) is 2.48. The Morgan fingerprint density at radius 2 is 2.25 bits per heavy atom. The lowest BCUT2D eigenvalue weighted by molar-refractivity contribution is -0.402. The number of nitrogens with zero attached hydrogens (tertiary/aromatic N) is 2. The van der Waals surface area contributed by atoms with Gasteiger partial charge in [0.05, 0.1) is 12.2 Å². The number of carboxylic acid groups (broad SMARTS) is 1. The minimum absolute atomic E-state index is 0.0980. The lowest BCUT2D eigenvalue weighted by atomic mass is 10.2. The van der Waals surface area contributed by atoms with Crippen molar-refractivity contribution in [3.8, 4) is 0 Å². The van der Waals surface area contributed by atoms with Crippen LogP contribution < -0.4 is 0 Å². The van der Waals surface area contributed by atoms with Gasteiger partial charge in [0.25, 0.3) is 5.91 Å². The van der Waals surface area contributed by atoms with Crippen molar-refractivity contribution in [1.82, 2.24) is 4.90 Å². The first-order valence-corrected chi connectivity index (χ1v) is 5.74. The molecule has 9 heteroatoms. The van der Waals surface area contributed by atoms with Crippen molar-refractivity contribution in [3.05, 3.63) is 28.0 Å². The van der Waals surface area contributed by atoms with Crippen LogP contribution in [0.4, 0.5) is 5.88 Å². The van der Waals surface area contributed by atoms with Crippen molar-refractivity contribution >= 4 is 17.8 Å². The fourth-order valence-electron chi connectivity index (χ4n) is 2.11. The largest absolute Gasteiger partial charge is 0.480 e. The van der Waals surface area contributed by atoms with E-state index in [0.29, 0.717) is 0 Å². The van der Waals surface area contributed by atoms with E-state index >= 15 is 0 Å². The summed E-state index contributed by atoms with van der Waals surface area (Å²) in [5, 5.41) is 19.6. The predicted molar refractivity (Wildman–Crippen MR) is 63.2 cm³/mol. The normalized spacial score (nSPS) is 21.9. The summed E-state index contributed by atoms with van der Waals surface area (Å²) in [5.74, 6) is -2.69. The maximum atomic E-state index is 12.1. The molecule has 2 unspecified atom stereocenters. The van der Waals surface area contributed by atoms with Crippen LogP contribution in [0.25, 0.3) is 0 Å². The Kier molecular flexibility index (Phi) is 3.70. The van der Waals surface area contributed by atoms with E-state index in [1.165, 1.54) is 7.11 Å². The van der Waals surface area contributed by atoms with Gasteiger partial charge >= 0.3 is 11.9 Å². The fourth-order valence-corrected chi connectivity index (χ4v) is 2.11. The van der Waals surface area contributed by atoms with Crippen molar-refractivity contribution in [3.63, 3.8) is 0 Å². The molecule has 1 aromatic rings. The lowest BCUT2D eigenvalue weighted by Gasteiger charge is -2.19. The molecule has 1 aromatic heterocycles. The fraction of sp³-hybridized carbons (Fsp3) is 0.455. The van der Waals surface area contributed by atoms with E-state index in [0.717, 1.165) is 17.0 Å². The Morgan fingerprint density at radius 3 is 2.75 bits per heavy atom. The van der Waals surface area contributed by atoms with E-state index in [9.17, 15) is 19.7 Å². The van der Waals surface area contributed by atoms with Crippen molar-refractivity contribution in [2.24, 2.45) is 0 Å². The second-order valence-corrected chi connectivity index (χ2v) is 4.30. The maximum absolute atomic E-state index is 12.1. The number of nitro groups is 1. The maximum Gasteiger partial charge on any atom is 0.433 e. The third-order valence-electron chi connectivity index (χ3n) is 3.12. The molecule has 1 amide bonds. The number of amides is 1. The molecule has 2 atom stereocenters. The second kappa shape index (κ2) is 5.29. The first-order chi connectivity index (χ1) is 9.43. The van der Waals surface area contributed by atoms with Crippen molar-refractivity contribution in [2.45, 2.75) is 18.6 Å². The van der Waals surface area contributed by atoms with Crippen LogP contribution in [0.5, 0.6) is 0 Å². The number of methoxy groups -OCH3 is 1.